The van der Waals surface area contributed by atoms with Gasteiger partial charge in [-0.1, -0.05) is 13.0 Å². The first kappa shape index (κ1) is 13.9. The zero-order chi connectivity index (χ0) is 12.8. The first-order valence-electron chi connectivity index (χ1n) is 5.63. The standard InChI is InChI=1S/C12H19NO4/c1-3-8-4-5-10(13-12(8)17-2)11(16)6-9(15)7-14/h4-5,9,11,14-16H,3,6-7H2,1-2H3. The van der Waals surface area contributed by atoms with Crippen LogP contribution >= 0.6 is 0 Å². The summed E-state index contributed by atoms with van der Waals surface area (Å²) in [6.07, 6.45) is -0.996. The lowest BCUT2D eigenvalue weighted by atomic mass is 10.1. The van der Waals surface area contributed by atoms with Crippen molar-refractivity contribution in [3.05, 3.63) is 23.4 Å². The molecule has 96 valence electrons. The van der Waals surface area contributed by atoms with E-state index in [-0.39, 0.29) is 13.0 Å². The number of aromatic nitrogens is 1. The quantitative estimate of drug-likeness (QED) is 0.672. The lowest BCUT2D eigenvalue weighted by Gasteiger charge is -2.15. The Balaban J connectivity index is 2.84. The van der Waals surface area contributed by atoms with E-state index < -0.39 is 12.2 Å². The molecule has 1 heterocycles. The summed E-state index contributed by atoms with van der Waals surface area (Å²) in [5.74, 6) is 0.488. The van der Waals surface area contributed by atoms with Gasteiger partial charge in [0.25, 0.3) is 0 Å². The Hall–Kier alpha value is -1.17. The first-order chi connectivity index (χ1) is 8.12. The number of hydrogen-bond donors (Lipinski definition) is 3. The van der Waals surface area contributed by atoms with Gasteiger partial charge in [0, 0.05) is 12.0 Å². The lowest BCUT2D eigenvalue weighted by molar-refractivity contribution is 0.0397. The summed E-state index contributed by atoms with van der Waals surface area (Å²) in [4.78, 5) is 4.18. The van der Waals surface area contributed by atoms with E-state index in [9.17, 15) is 10.2 Å². The van der Waals surface area contributed by atoms with Gasteiger partial charge in [0.05, 0.1) is 31.6 Å². The third-order valence-electron chi connectivity index (χ3n) is 2.58. The van der Waals surface area contributed by atoms with E-state index in [1.165, 1.54) is 7.11 Å². The normalized spacial score (nSPS) is 14.4. The molecule has 2 atom stereocenters. The number of nitrogens with zero attached hydrogens (tertiary/aromatic N) is 1. The second kappa shape index (κ2) is 6.54. The minimum atomic E-state index is -0.941. The van der Waals surface area contributed by atoms with Crippen molar-refractivity contribution in [3.63, 3.8) is 0 Å². The minimum absolute atomic E-state index is 0.0537. The summed E-state index contributed by atoms with van der Waals surface area (Å²) in [5, 5.41) is 27.8. The highest BCUT2D eigenvalue weighted by Crippen LogP contribution is 2.22. The zero-order valence-corrected chi connectivity index (χ0v) is 10.1. The van der Waals surface area contributed by atoms with E-state index in [1.54, 1.807) is 6.07 Å². The predicted molar refractivity (Wildman–Crippen MR) is 62.8 cm³/mol. The number of pyridine rings is 1. The molecule has 0 fully saturated rings. The van der Waals surface area contributed by atoms with Gasteiger partial charge in [0.1, 0.15) is 0 Å². The molecule has 17 heavy (non-hydrogen) atoms. The van der Waals surface area contributed by atoms with Gasteiger partial charge in [-0.15, -0.1) is 0 Å². The van der Waals surface area contributed by atoms with Crippen molar-refractivity contribution in [3.8, 4) is 5.88 Å². The minimum Gasteiger partial charge on any atom is -0.481 e. The average molecular weight is 241 g/mol. The summed E-state index contributed by atoms with van der Waals surface area (Å²) in [5.41, 5.74) is 1.40. The van der Waals surface area contributed by atoms with Crippen LogP contribution in [-0.2, 0) is 6.42 Å². The lowest BCUT2D eigenvalue weighted by Crippen LogP contribution is -2.17. The molecular formula is C12H19NO4. The Morgan fingerprint density at radius 3 is 2.59 bits per heavy atom. The molecule has 5 nitrogen and oxygen atoms in total. The van der Waals surface area contributed by atoms with Crippen LogP contribution in [0.25, 0.3) is 0 Å². The number of hydrogen-bond acceptors (Lipinski definition) is 5. The zero-order valence-electron chi connectivity index (χ0n) is 10.1. The monoisotopic (exact) mass is 241 g/mol. The van der Waals surface area contributed by atoms with Crippen LogP contribution in [0.3, 0.4) is 0 Å². The van der Waals surface area contributed by atoms with E-state index in [0.717, 1.165) is 12.0 Å². The predicted octanol–water partition coefficient (Wildman–Crippen LogP) is 0.429. The molecule has 0 aliphatic heterocycles. The SMILES string of the molecule is CCc1ccc(C(O)CC(O)CO)nc1OC. The third kappa shape index (κ3) is 3.66. The van der Waals surface area contributed by atoms with Gasteiger partial charge in [-0.05, 0) is 12.5 Å². The number of aliphatic hydroxyl groups is 3. The molecule has 2 unspecified atom stereocenters. The maximum absolute atomic E-state index is 9.82. The molecule has 0 spiro atoms. The van der Waals surface area contributed by atoms with Crippen molar-refractivity contribution >= 4 is 0 Å². The molecule has 1 rings (SSSR count). The van der Waals surface area contributed by atoms with Crippen LogP contribution in [0.2, 0.25) is 0 Å². The number of aryl methyl sites for hydroxylation is 1. The van der Waals surface area contributed by atoms with Crippen molar-refractivity contribution in [1.29, 1.82) is 0 Å². The van der Waals surface area contributed by atoms with Gasteiger partial charge in [0.15, 0.2) is 0 Å². The first-order valence-corrected chi connectivity index (χ1v) is 5.63. The van der Waals surface area contributed by atoms with Crippen LogP contribution in [0.4, 0.5) is 0 Å². The van der Waals surface area contributed by atoms with E-state index in [1.807, 2.05) is 13.0 Å². The summed E-state index contributed by atoms with van der Waals surface area (Å²) in [6, 6.07) is 3.55. The van der Waals surface area contributed by atoms with Crippen LogP contribution in [-0.4, -0.2) is 40.1 Å². The highest BCUT2D eigenvalue weighted by Gasteiger charge is 2.16. The van der Waals surface area contributed by atoms with Crippen LogP contribution in [0.15, 0.2) is 12.1 Å². The molecule has 0 radical (unpaired) electrons. The van der Waals surface area contributed by atoms with Crippen LogP contribution in [0, 0.1) is 0 Å². The molecule has 0 aliphatic carbocycles. The molecule has 0 saturated carbocycles. The average Bonchev–Trinajstić information content (AvgIpc) is 2.37. The van der Waals surface area contributed by atoms with Crippen LogP contribution in [0.5, 0.6) is 5.88 Å². The largest absolute Gasteiger partial charge is 0.481 e. The molecule has 0 aromatic carbocycles. The second-order valence-electron chi connectivity index (χ2n) is 3.85. The van der Waals surface area contributed by atoms with Gasteiger partial charge in [-0.25, -0.2) is 4.98 Å². The van der Waals surface area contributed by atoms with Gasteiger partial charge >= 0.3 is 0 Å². The summed E-state index contributed by atoms with van der Waals surface area (Å²) in [6.45, 7) is 1.62. The smallest absolute Gasteiger partial charge is 0.216 e. The van der Waals surface area contributed by atoms with Gasteiger partial charge in [-0.3, -0.25) is 0 Å². The molecule has 0 amide bonds. The maximum atomic E-state index is 9.82. The number of rotatable bonds is 6. The fraction of sp³-hybridized carbons (Fsp3) is 0.583. The fourth-order valence-electron chi connectivity index (χ4n) is 1.57. The molecule has 0 saturated heterocycles. The molecule has 3 N–H and O–H groups in total. The van der Waals surface area contributed by atoms with Crippen molar-refractivity contribution in [1.82, 2.24) is 4.98 Å². The number of ether oxygens (including phenoxy) is 1. The topological polar surface area (TPSA) is 82.8 Å². The highest BCUT2D eigenvalue weighted by atomic mass is 16.5. The Bertz CT molecular complexity index is 356. The number of methoxy groups -OCH3 is 1. The molecular weight excluding hydrogens is 222 g/mol. The summed E-state index contributed by atoms with van der Waals surface area (Å²) >= 11 is 0. The fourth-order valence-corrected chi connectivity index (χ4v) is 1.57. The third-order valence-corrected chi connectivity index (χ3v) is 2.58. The maximum Gasteiger partial charge on any atom is 0.216 e. The van der Waals surface area contributed by atoms with Gasteiger partial charge in [0.2, 0.25) is 5.88 Å². The van der Waals surface area contributed by atoms with Crippen molar-refractivity contribution in [2.45, 2.75) is 32.0 Å². The summed E-state index contributed by atoms with van der Waals surface area (Å²) < 4.78 is 5.12. The van der Waals surface area contributed by atoms with E-state index in [0.29, 0.717) is 11.6 Å². The Morgan fingerprint density at radius 1 is 1.35 bits per heavy atom. The molecule has 0 aliphatic rings. The molecule has 1 aromatic rings. The van der Waals surface area contributed by atoms with Gasteiger partial charge < -0.3 is 20.1 Å². The molecule has 1 aromatic heterocycles. The molecule has 5 heteroatoms. The highest BCUT2D eigenvalue weighted by molar-refractivity contribution is 5.29. The Morgan fingerprint density at radius 2 is 2.06 bits per heavy atom. The van der Waals surface area contributed by atoms with Crippen molar-refractivity contribution in [2.75, 3.05) is 13.7 Å². The van der Waals surface area contributed by atoms with Crippen molar-refractivity contribution < 1.29 is 20.1 Å². The van der Waals surface area contributed by atoms with Crippen LogP contribution in [0.1, 0.15) is 30.7 Å². The molecule has 0 bridgehead atoms. The second-order valence-corrected chi connectivity index (χ2v) is 3.85. The van der Waals surface area contributed by atoms with Crippen molar-refractivity contribution in [2.24, 2.45) is 0 Å². The van der Waals surface area contributed by atoms with E-state index >= 15 is 0 Å². The van der Waals surface area contributed by atoms with E-state index in [2.05, 4.69) is 4.98 Å². The number of aliphatic hydroxyl groups excluding tert-OH is 3. The Labute approximate surface area is 101 Å². The Kier molecular flexibility index (Phi) is 5.34. The van der Waals surface area contributed by atoms with E-state index in [4.69, 9.17) is 9.84 Å². The van der Waals surface area contributed by atoms with Crippen LogP contribution < -0.4 is 4.74 Å². The summed E-state index contributed by atoms with van der Waals surface area (Å²) in [7, 11) is 1.53. The van der Waals surface area contributed by atoms with Gasteiger partial charge in [-0.2, -0.15) is 0 Å².